The van der Waals surface area contributed by atoms with Crippen LogP contribution in [0.1, 0.15) is 25.7 Å². The molecular weight excluding hydrogens is 298 g/mol. The van der Waals surface area contributed by atoms with Gasteiger partial charge in [-0.05, 0) is 44.7 Å². The molecule has 23 heavy (non-hydrogen) atoms. The molecule has 0 aromatic carbocycles. The summed E-state index contributed by atoms with van der Waals surface area (Å²) in [6, 6.07) is 0.658. The van der Waals surface area contributed by atoms with E-state index in [1.165, 1.54) is 0 Å². The van der Waals surface area contributed by atoms with E-state index in [0.29, 0.717) is 31.7 Å². The smallest absolute Gasteiger partial charge is 0.309 e. The normalized spacial score (nSPS) is 21.1. The zero-order valence-electron chi connectivity index (χ0n) is 14.0. The van der Waals surface area contributed by atoms with Gasteiger partial charge in [0.1, 0.15) is 0 Å². The Kier molecular flexibility index (Phi) is 7.78. The quantitative estimate of drug-likeness (QED) is 0.520. The van der Waals surface area contributed by atoms with E-state index in [0.717, 1.165) is 52.0 Å². The SMILES string of the molecule is COCCNC(=O)C(=O)NCC1CCN(C2CCOCC2)CC1. The predicted molar refractivity (Wildman–Crippen MR) is 86.0 cm³/mol. The van der Waals surface area contributed by atoms with Crippen molar-refractivity contribution in [1.29, 1.82) is 0 Å². The first-order valence-electron chi connectivity index (χ1n) is 8.57. The lowest BCUT2D eigenvalue weighted by molar-refractivity contribution is -0.139. The van der Waals surface area contributed by atoms with Crippen molar-refractivity contribution in [2.45, 2.75) is 31.7 Å². The minimum Gasteiger partial charge on any atom is -0.383 e. The minimum absolute atomic E-state index is 0.353. The molecule has 0 aromatic rings. The largest absolute Gasteiger partial charge is 0.383 e. The van der Waals surface area contributed by atoms with Crippen LogP contribution in [0, 0.1) is 5.92 Å². The molecule has 0 spiro atoms. The van der Waals surface area contributed by atoms with Crippen LogP contribution in [0.25, 0.3) is 0 Å². The molecule has 0 unspecified atom stereocenters. The number of hydrogen-bond donors (Lipinski definition) is 2. The standard InChI is InChI=1S/C16H29N3O4/c1-22-11-6-17-15(20)16(21)18-12-13-2-7-19(8-3-13)14-4-9-23-10-5-14/h13-14H,2-12H2,1H3,(H,17,20)(H,18,21). The van der Waals surface area contributed by atoms with Gasteiger partial charge in [0.25, 0.3) is 0 Å². The lowest BCUT2D eigenvalue weighted by atomic mass is 9.94. The summed E-state index contributed by atoms with van der Waals surface area (Å²) in [7, 11) is 1.55. The van der Waals surface area contributed by atoms with Crippen LogP contribution in [0.3, 0.4) is 0 Å². The second kappa shape index (κ2) is 9.85. The molecule has 0 aliphatic carbocycles. The maximum absolute atomic E-state index is 11.7. The molecule has 2 amide bonds. The van der Waals surface area contributed by atoms with Crippen LogP contribution in [-0.2, 0) is 19.1 Å². The van der Waals surface area contributed by atoms with Gasteiger partial charge >= 0.3 is 11.8 Å². The maximum atomic E-state index is 11.7. The number of piperidine rings is 1. The molecule has 2 fully saturated rings. The zero-order chi connectivity index (χ0) is 16.5. The molecule has 7 nitrogen and oxygen atoms in total. The molecule has 2 saturated heterocycles. The molecule has 2 heterocycles. The van der Waals surface area contributed by atoms with Gasteiger partial charge in [-0.3, -0.25) is 9.59 Å². The molecular formula is C16H29N3O4. The van der Waals surface area contributed by atoms with E-state index in [2.05, 4.69) is 15.5 Å². The number of methoxy groups -OCH3 is 1. The van der Waals surface area contributed by atoms with Gasteiger partial charge in [0.15, 0.2) is 0 Å². The van der Waals surface area contributed by atoms with Gasteiger partial charge in [0.2, 0.25) is 0 Å². The average molecular weight is 327 g/mol. The number of likely N-dealkylation sites (tertiary alicyclic amines) is 1. The van der Waals surface area contributed by atoms with Crippen LogP contribution in [0.15, 0.2) is 0 Å². The summed E-state index contributed by atoms with van der Waals surface area (Å²) >= 11 is 0. The van der Waals surface area contributed by atoms with Crippen LogP contribution >= 0.6 is 0 Å². The second-order valence-electron chi connectivity index (χ2n) is 6.28. The Hall–Kier alpha value is -1.18. The highest BCUT2D eigenvalue weighted by molar-refractivity contribution is 6.35. The van der Waals surface area contributed by atoms with Crippen LogP contribution in [0.2, 0.25) is 0 Å². The van der Waals surface area contributed by atoms with Crippen LogP contribution in [0.4, 0.5) is 0 Å². The Morgan fingerprint density at radius 3 is 2.39 bits per heavy atom. The number of nitrogens with zero attached hydrogens (tertiary/aromatic N) is 1. The van der Waals surface area contributed by atoms with Crippen molar-refractivity contribution in [3.8, 4) is 0 Å². The van der Waals surface area contributed by atoms with E-state index in [4.69, 9.17) is 9.47 Å². The summed E-state index contributed by atoms with van der Waals surface area (Å²) in [5.41, 5.74) is 0. The molecule has 0 saturated carbocycles. The van der Waals surface area contributed by atoms with Gasteiger partial charge in [-0.2, -0.15) is 0 Å². The molecule has 0 aromatic heterocycles. The highest BCUT2D eigenvalue weighted by atomic mass is 16.5. The average Bonchev–Trinajstić information content (AvgIpc) is 2.61. The Labute approximate surface area is 138 Å². The van der Waals surface area contributed by atoms with E-state index < -0.39 is 11.8 Å². The van der Waals surface area contributed by atoms with Crippen molar-refractivity contribution < 1.29 is 19.1 Å². The molecule has 0 radical (unpaired) electrons. The zero-order valence-corrected chi connectivity index (χ0v) is 14.0. The predicted octanol–water partition coefficient (Wildman–Crippen LogP) is -0.244. The second-order valence-corrected chi connectivity index (χ2v) is 6.28. The van der Waals surface area contributed by atoms with E-state index in [9.17, 15) is 9.59 Å². The van der Waals surface area contributed by atoms with Crippen molar-refractivity contribution in [3.63, 3.8) is 0 Å². The van der Waals surface area contributed by atoms with Crippen molar-refractivity contribution in [2.75, 3.05) is 53.1 Å². The number of carbonyl (C=O) groups excluding carboxylic acids is 2. The van der Waals surface area contributed by atoms with E-state index in [1.807, 2.05) is 0 Å². The molecule has 2 N–H and O–H groups in total. The fourth-order valence-electron chi connectivity index (χ4n) is 3.24. The topological polar surface area (TPSA) is 79.9 Å². The Morgan fingerprint density at radius 2 is 1.74 bits per heavy atom. The van der Waals surface area contributed by atoms with Crippen molar-refractivity contribution in [2.24, 2.45) is 5.92 Å². The van der Waals surface area contributed by atoms with Crippen LogP contribution in [-0.4, -0.2) is 75.9 Å². The van der Waals surface area contributed by atoms with Gasteiger partial charge in [0.05, 0.1) is 6.61 Å². The van der Waals surface area contributed by atoms with Crippen LogP contribution in [0.5, 0.6) is 0 Å². The maximum Gasteiger partial charge on any atom is 0.309 e. The highest BCUT2D eigenvalue weighted by Crippen LogP contribution is 2.22. The Bertz CT molecular complexity index is 378. The van der Waals surface area contributed by atoms with Gasteiger partial charge in [-0.25, -0.2) is 0 Å². The molecule has 132 valence electrons. The van der Waals surface area contributed by atoms with Gasteiger partial charge in [-0.1, -0.05) is 0 Å². The Morgan fingerprint density at radius 1 is 1.09 bits per heavy atom. The number of ether oxygens (including phenoxy) is 2. The molecule has 0 atom stereocenters. The number of rotatable bonds is 6. The summed E-state index contributed by atoms with van der Waals surface area (Å²) in [4.78, 5) is 25.8. The number of amides is 2. The third-order valence-corrected chi connectivity index (χ3v) is 4.71. The lowest BCUT2D eigenvalue weighted by Gasteiger charge is -2.39. The number of hydrogen-bond acceptors (Lipinski definition) is 5. The van der Waals surface area contributed by atoms with Gasteiger partial charge in [0, 0.05) is 39.5 Å². The first-order chi connectivity index (χ1) is 11.2. The van der Waals surface area contributed by atoms with Gasteiger partial charge < -0.3 is 25.0 Å². The number of carbonyl (C=O) groups is 2. The number of nitrogens with one attached hydrogen (secondary N) is 2. The van der Waals surface area contributed by atoms with E-state index in [-0.39, 0.29) is 0 Å². The third kappa shape index (κ3) is 6.08. The monoisotopic (exact) mass is 327 g/mol. The molecule has 2 aliphatic rings. The minimum atomic E-state index is -0.582. The summed E-state index contributed by atoms with van der Waals surface area (Å²) in [6.07, 6.45) is 4.40. The fraction of sp³-hybridized carbons (Fsp3) is 0.875. The summed E-state index contributed by atoms with van der Waals surface area (Å²) in [6.45, 7) is 5.24. The third-order valence-electron chi connectivity index (χ3n) is 4.71. The first kappa shape index (κ1) is 18.2. The highest BCUT2D eigenvalue weighted by Gasteiger charge is 2.26. The van der Waals surface area contributed by atoms with Crippen LogP contribution < -0.4 is 10.6 Å². The molecule has 2 rings (SSSR count). The van der Waals surface area contributed by atoms with Crippen molar-refractivity contribution in [1.82, 2.24) is 15.5 Å². The summed E-state index contributed by atoms with van der Waals surface area (Å²) < 4.78 is 10.2. The van der Waals surface area contributed by atoms with Crippen molar-refractivity contribution in [3.05, 3.63) is 0 Å². The first-order valence-corrected chi connectivity index (χ1v) is 8.57. The fourth-order valence-corrected chi connectivity index (χ4v) is 3.24. The molecule has 7 heteroatoms. The molecule has 2 aliphatic heterocycles. The summed E-state index contributed by atoms with van der Waals surface area (Å²) in [5.74, 6) is -0.670. The molecule has 0 bridgehead atoms. The summed E-state index contributed by atoms with van der Waals surface area (Å²) in [5, 5.41) is 5.27. The lowest BCUT2D eigenvalue weighted by Crippen LogP contribution is -2.47. The van der Waals surface area contributed by atoms with Gasteiger partial charge in [-0.15, -0.1) is 0 Å². The van der Waals surface area contributed by atoms with Crippen molar-refractivity contribution >= 4 is 11.8 Å². The van der Waals surface area contributed by atoms with E-state index >= 15 is 0 Å². The van der Waals surface area contributed by atoms with E-state index in [1.54, 1.807) is 7.11 Å². The Balaban J connectivity index is 1.60.